The molecule has 0 aliphatic carbocycles. The number of fused-ring (bicyclic) bond motifs is 1. The van der Waals surface area contributed by atoms with Gasteiger partial charge in [0.25, 0.3) is 5.91 Å². The Morgan fingerprint density at radius 3 is 2.56 bits per heavy atom. The zero-order valence-corrected chi connectivity index (χ0v) is 14.9. The van der Waals surface area contributed by atoms with E-state index in [1.807, 2.05) is 48.5 Å². The lowest BCUT2D eigenvalue weighted by Gasteiger charge is -2.10. The van der Waals surface area contributed by atoms with Gasteiger partial charge in [0.05, 0.1) is 21.9 Å². The monoisotopic (exact) mass is 374 g/mol. The molecule has 6 heteroatoms. The van der Waals surface area contributed by atoms with Gasteiger partial charge < -0.3 is 10.6 Å². The molecule has 0 radical (unpaired) electrons. The molecule has 0 spiro atoms. The summed E-state index contributed by atoms with van der Waals surface area (Å²) in [5.74, 6) is -0.309. The third kappa shape index (κ3) is 3.73. The Kier molecular flexibility index (Phi) is 4.68. The number of nitrogens with zero attached hydrogens (tertiary/aromatic N) is 2. The molecule has 0 bridgehead atoms. The predicted molar refractivity (Wildman–Crippen MR) is 109 cm³/mol. The SMILES string of the molecule is O=C(Nc1cccc2cccnc12)c1cc(Nc2ccccc2Cl)ccn1. The number of rotatable bonds is 4. The lowest BCUT2D eigenvalue weighted by Crippen LogP contribution is -2.14. The van der Waals surface area contributed by atoms with Gasteiger partial charge in [-0.2, -0.15) is 0 Å². The zero-order chi connectivity index (χ0) is 18.6. The topological polar surface area (TPSA) is 66.9 Å². The quantitative estimate of drug-likeness (QED) is 0.510. The van der Waals surface area contributed by atoms with Gasteiger partial charge in [-0.25, -0.2) is 0 Å². The summed E-state index contributed by atoms with van der Waals surface area (Å²) in [4.78, 5) is 21.2. The largest absolute Gasteiger partial charge is 0.354 e. The van der Waals surface area contributed by atoms with Crippen LogP contribution in [0.4, 0.5) is 17.1 Å². The van der Waals surface area contributed by atoms with Crippen LogP contribution in [0.3, 0.4) is 0 Å². The summed E-state index contributed by atoms with van der Waals surface area (Å²) in [7, 11) is 0. The predicted octanol–water partition coefficient (Wildman–Crippen LogP) is 5.28. The van der Waals surface area contributed by atoms with E-state index in [0.717, 1.165) is 22.3 Å². The van der Waals surface area contributed by atoms with Crippen molar-refractivity contribution in [2.24, 2.45) is 0 Å². The first-order valence-corrected chi connectivity index (χ1v) is 8.71. The zero-order valence-electron chi connectivity index (χ0n) is 14.2. The van der Waals surface area contributed by atoms with Gasteiger partial charge in [0.15, 0.2) is 0 Å². The Labute approximate surface area is 161 Å². The van der Waals surface area contributed by atoms with Crippen molar-refractivity contribution in [1.29, 1.82) is 0 Å². The van der Waals surface area contributed by atoms with Crippen LogP contribution in [-0.2, 0) is 0 Å². The smallest absolute Gasteiger partial charge is 0.274 e. The molecule has 5 nitrogen and oxygen atoms in total. The Morgan fingerprint density at radius 2 is 1.67 bits per heavy atom. The van der Waals surface area contributed by atoms with Crippen LogP contribution in [0, 0.1) is 0 Å². The van der Waals surface area contributed by atoms with Gasteiger partial charge in [-0.05, 0) is 36.4 Å². The number of nitrogens with one attached hydrogen (secondary N) is 2. The van der Waals surface area contributed by atoms with Crippen LogP contribution in [0.25, 0.3) is 10.9 Å². The minimum absolute atomic E-state index is 0.292. The number of carbonyl (C=O) groups excluding carboxylic acids is 1. The number of benzene rings is 2. The van der Waals surface area contributed by atoms with Crippen LogP contribution in [0.2, 0.25) is 5.02 Å². The summed E-state index contributed by atoms with van der Waals surface area (Å²) in [5, 5.41) is 7.64. The molecule has 0 atom stereocenters. The Hall–Kier alpha value is -3.44. The van der Waals surface area contributed by atoms with Crippen LogP contribution < -0.4 is 10.6 Å². The second-order valence-corrected chi connectivity index (χ2v) is 6.28. The van der Waals surface area contributed by atoms with Crippen LogP contribution in [0.15, 0.2) is 79.1 Å². The normalized spacial score (nSPS) is 10.6. The van der Waals surface area contributed by atoms with E-state index in [9.17, 15) is 4.79 Å². The number of halogens is 1. The second kappa shape index (κ2) is 7.43. The van der Waals surface area contributed by atoms with Crippen molar-refractivity contribution in [3.8, 4) is 0 Å². The summed E-state index contributed by atoms with van der Waals surface area (Å²) >= 11 is 6.17. The van der Waals surface area contributed by atoms with E-state index >= 15 is 0 Å². The van der Waals surface area contributed by atoms with Crippen molar-refractivity contribution in [3.05, 3.63) is 89.8 Å². The number of para-hydroxylation sites is 2. The number of hydrogen-bond acceptors (Lipinski definition) is 4. The molecule has 0 unspecified atom stereocenters. The Bertz CT molecular complexity index is 1120. The number of amides is 1. The van der Waals surface area contributed by atoms with Crippen molar-refractivity contribution >= 4 is 45.5 Å². The Balaban J connectivity index is 1.58. The molecular weight excluding hydrogens is 360 g/mol. The maximum Gasteiger partial charge on any atom is 0.274 e. The molecule has 132 valence electrons. The van der Waals surface area contributed by atoms with Crippen molar-refractivity contribution < 1.29 is 4.79 Å². The van der Waals surface area contributed by atoms with Crippen molar-refractivity contribution in [3.63, 3.8) is 0 Å². The summed E-state index contributed by atoms with van der Waals surface area (Å²) in [5.41, 5.74) is 3.15. The molecule has 2 aromatic carbocycles. The van der Waals surface area contributed by atoms with Crippen LogP contribution >= 0.6 is 11.6 Å². The average Bonchev–Trinajstić information content (AvgIpc) is 2.70. The Morgan fingerprint density at radius 1 is 0.852 bits per heavy atom. The molecule has 2 N–H and O–H groups in total. The highest BCUT2D eigenvalue weighted by Crippen LogP contribution is 2.25. The van der Waals surface area contributed by atoms with E-state index in [0.29, 0.717) is 16.4 Å². The summed E-state index contributed by atoms with van der Waals surface area (Å²) in [6.45, 7) is 0. The number of anilines is 3. The third-order valence-electron chi connectivity index (χ3n) is 4.03. The molecule has 0 saturated heterocycles. The second-order valence-electron chi connectivity index (χ2n) is 5.87. The number of aromatic nitrogens is 2. The fourth-order valence-corrected chi connectivity index (χ4v) is 2.92. The molecule has 4 rings (SSSR count). The van der Waals surface area contributed by atoms with E-state index in [1.54, 1.807) is 30.6 Å². The first-order valence-electron chi connectivity index (χ1n) is 8.33. The fourth-order valence-electron chi connectivity index (χ4n) is 2.74. The lowest BCUT2D eigenvalue weighted by atomic mass is 10.2. The molecular formula is C21H15ClN4O. The van der Waals surface area contributed by atoms with Gasteiger partial charge in [0, 0.05) is 23.5 Å². The van der Waals surface area contributed by atoms with Crippen molar-refractivity contribution in [1.82, 2.24) is 9.97 Å². The van der Waals surface area contributed by atoms with Gasteiger partial charge in [0.2, 0.25) is 0 Å². The number of carbonyl (C=O) groups is 1. The van der Waals surface area contributed by atoms with Gasteiger partial charge >= 0.3 is 0 Å². The van der Waals surface area contributed by atoms with Crippen LogP contribution in [0.5, 0.6) is 0 Å². The standard InChI is InChI=1S/C21H15ClN4O/c22-16-7-1-2-8-17(16)25-15-10-12-23-19(13-15)21(27)26-18-9-3-5-14-6-4-11-24-20(14)18/h1-13H,(H,23,25)(H,26,27). The molecule has 0 aliphatic heterocycles. The molecule has 27 heavy (non-hydrogen) atoms. The molecule has 0 aliphatic rings. The molecule has 0 fully saturated rings. The maximum atomic E-state index is 12.7. The first kappa shape index (κ1) is 17.0. The van der Waals surface area contributed by atoms with Gasteiger partial charge in [-0.15, -0.1) is 0 Å². The molecule has 2 heterocycles. The van der Waals surface area contributed by atoms with Crippen molar-refractivity contribution in [2.45, 2.75) is 0 Å². The highest BCUT2D eigenvalue weighted by atomic mass is 35.5. The minimum atomic E-state index is -0.309. The van der Waals surface area contributed by atoms with Gasteiger partial charge in [0.1, 0.15) is 5.69 Å². The van der Waals surface area contributed by atoms with Crippen LogP contribution in [-0.4, -0.2) is 15.9 Å². The van der Waals surface area contributed by atoms with Gasteiger partial charge in [-0.1, -0.05) is 41.9 Å². The van der Waals surface area contributed by atoms with E-state index in [2.05, 4.69) is 20.6 Å². The van der Waals surface area contributed by atoms with E-state index in [-0.39, 0.29) is 5.91 Å². The summed E-state index contributed by atoms with van der Waals surface area (Å²) < 4.78 is 0. The fraction of sp³-hybridized carbons (Fsp3) is 0. The average molecular weight is 375 g/mol. The maximum absolute atomic E-state index is 12.7. The lowest BCUT2D eigenvalue weighted by molar-refractivity contribution is 0.102. The number of pyridine rings is 2. The van der Waals surface area contributed by atoms with Gasteiger partial charge in [-0.3, -0.25) is 14.8 Å². The first-order chi connectivity index (χ1) is 13.2. The van der Waals surface area contributed by atoms with E-state index in [1.165, 1.54) is 0 Å². The van der Waals surface area contributed by atoms with E-state index < -0.39 is 0 Å². The summed E-state index contributed by atoms with van der Waals surface area (Å²) in [6.07, 6.45) is 3.28. The minimum Gasteiger partial charge on any atom is -0.354 e. The molecule has 1 amide bonds. The molecule has 2 aromatic heterocycles. The molecule has 0 saturated carbocycles. The summed E-state index contributed by atoms with van der Waals surface area (Å²) in [6, 6.07) is 20.3. The van der Waals surface area contributed by atoms with E-state index in [4.69, 9.17) is 11.6 Å². The number of hydrogen-bond donors (Lipinski definition) is 2. The van der Waals surface area contributed by atoms with Crippen LogP contribution in [0.1, 0.15) is 10.5 Å². The molecule has 4 aromatic rings. The third-order valence-corrected chi connectivity index (χ3v) is 4.36. The highest BCUT2D eigenvalue weighted by Gasteiger charge is 2.11. The van der Waals surface area contributed by atoms with Crippen molar-refractivity contribution in [2.75, 3.05) is 10.6 Å². The highest BCUT2D eigenvalue weighted by molar-refractivity contribution is 6.33.